The molecule has 2 amide bonds. The van der Waals surface area contributed by atoms with E-state index in [9.17, 15) is 14.0 Å². The van der Waals surface area contributed by atoms with Gasteiger partial charge in [-0.3, -0.25) is 14.5 Å². The first-order chi connectivity index (χ1) is 14.7. The standard InChI is InChI=1S/C24H29FN4O2/c1-15-17-14-20(30)29(13-11-16-8-5-6-9-18(16)25)22(17)27-21(26-15)19-10-7-12-28(19)23(31)24(2,3)4/h5-6,8-9,19H,7,10-14H2,1-4H3. The van der Waals surface area contributed by atoms with E-state index in [2.05, 4.69) is 0 Å². The van der Waals surface area contributed by atoms with E-state index < -0.39 is 5.41 Å². The molecule has 7 heteroatoms. The van der Waals surface area contributed by atoms with Gasteiger partial charge < -0.3 is 4.90 Å². The Morgan fingerprint density at radius 1 is 1.23 bits per heavy atom. The third-order valence-corrected chi connectivity index (χ3v) is 6.11. The van der Waals surface area contributed by atoms with Crippen LogP contribution in [0.5, 0.6) is 0 Å². The van der Waals surface area contributed by atoms with Crippen molar-refractivity contribution in [3.63, 3.8) is 0 Å². The third kappa shape index (κ3) is 4.05. The second-order valence-corrected chi connectivity index (χ2v) is 9.44. The van der Waals surface area contributed by atoms with Gasteiger partial charge in [0.25, 0.3) is 0 Å². The number of halogens is 1. The highest BCUT2D eigenvalue weighted by Crippen LogP contribution is 2.37. The van der Waals surface area contributed by atoms with Crippen molar-refractivity contribution in [1.82, 2.24) is 14.9 Å². The number of fused-ring (bicyclic) bond motifs is 1. The van der Waals surface area contributed by atoms with E-state index in [-0.39, 0.29) is 30.1 Å². The van der Waals surface area contributed by atoms with Crippen LogP contribution in [-0.2, 0) is 22.4 Å². The number of aryl methyl sites for hydroxylation is 1. The Hall–Kier alpha value is -2.83. The second kappa shape index (κ2) is 8.02. The zero-order valence-corrected chi connectivity index (χ0v) is 18.6. The minimum atomic E-state index is -0.476. The number of amides is 2. The van der Waals surface area contributed by atoms with E-state index in [4.69, 9.17) is 9.97 Å². The Kier molecular flexibility index (Phi) is 5.54. The molecule has 6 nitrogen and oxygen atoms in total. The fourth-order valence-electron chi connectivity index (χ4n) is 4.42. The number of hydrogen-bond acceptors (Lipinski definition) is 4. The van der Waals surface area contributed by atoms with E-state index in [1.807, 2.05) is 32.6 Å². The summed E-state index contributed by atoms with van der Waals surface area (Å²) in [6.45, 7) is 8.70. The van der Waals surface area contributed by atoms with Crippen molar-refractivity contribution < 1.29 is 14.0 Å². The van der Waals surface area contributed by atoms with Crippen LogP contribution in [0.25, 0.3) is 0 Å². The molecule has 4 rings (SSSR count). The van der Waals surface area contributed by atoms with Crippen molar-refractivity contribution in [3.8, 4) is 0 Å². The molecule has 31 heavy (non-hydrogen) atoms. The highest BCUT2D eigenvalue weighted by Gasteiger charge is 2.39. The Morgan fingerprint density at radius 2 is 1.97 bits per heavy atom. The highest BCUT2D eigenvalue weighted by molar-refractivity contribution is 6.00. The van der Waals surface area contributed by atoms with Crippen LogP contribution in [0.3, 0.4) is 0 Å². The van der Waals surface area contributed by atoms with Crippen LogP contribution in [-0.4, -0.2) is 39.8 Å². The van der Waals surface area contributed by atoms with E-state index in [1.165, 1.54) is 6.07 Å². The molecule has 1 fully saturated rings. The average Bonchev–Trinajstić information content (AvgIpc) is 3.31. The lowest BCUT2D eigenvalue weighted by molar-refractivity contribution is -0.140. The van der Waals surface area contributed by atoms with Gasteiger partial charge in [0.05, 0.1) is 12.5 Å². The molecule has 0 bridgehead atoms. The summed E-state index contributed by atoms with van der Waals surface area (Å²) < 4.78 is 14.0. The van der Waals surface area contributed by atoms with Crippen LogP contribution in [0.1, 0.15) is 62.3 Å². The summed E-state index contributed by atoms with van der Waals surface area (Å²) in [4.78, 5) is 38.7. The van der Waals surface area contributed by atoms with Gasteiger partial charge in [-0.1, -0.05) is 39.0 Å². The molecule has 0 aliphatic carbocycles. The smallest absolute Gasteiger partial charge is 0.232 e. The average molecular weight is 425 g/mol. The van der Waals surface area contributed by atoms with Crippen LogP contribution < -0.4 is 4.90 Å². The molecule has 1 saturated heterocycles. The molecule has 0 N–H and O–H groups in total. The molecule has 0 spiro atoms. The first-order valence-electron chi connectivity index (χ1n) is 10.9. The van der Waals surface area contributed by atoms with Crippen molar-refractivity contribution in [2.45, 2.75) is 59.4 Å². The minimum absolute atomic E-state index is 0.0464. The van der Waals surface area contributed by atoms with Crippen LogP contribution in [0.4, 0.5) is 10.2 Å². The van der Waals surface area contributed by atoms with Gasteiger partial charge in [-0.15, -0.1) is 0 Å². The summed E-state index contributed by atoms with van der Waals surface area (Å²) in [7, 11) is 0. The fourth-order valence-corrected chi connectivity index (χ4v) is 4.42. The van der Waals surface area contributed by atoms with Gasteiger partial charge in [0, 0.05) is 29.8 Å². The first kappa shape index (κ1) is 21.4. The Balaban J connectivity index is 1.62. The van der Waals surface area contributed by atoms with E-state index in [0.717, 1.165) is 24.1 Å². The summed E-state index contributed by atoms with van der Waals surface area (Å²) >= 11 is 0. The number of nitrogens with zero attached hydrogens (tertiary/aromatic N) is 4. The maximum atomic E-state index is 14.0. The largest absolute Gasteiger partial charge is 0.332 e. The normalized spacial score (nSPS) is 18.6. The molecule has 2 aromatic rings. The summed E-state index contributed by atoms with van der Waals surface area (Å²) in [5, 5.41) is 0. The molecule has 1 atom stereocenters. The number of carbonyl (C=O) groups excluding carboxylic acids is 2. The molecule has 1 aromatic heterocycles. The van der Waals surface area contributed by atoms with Gasteiger partial charge in [0.2, 0.25) is 11.8 Å². The first-order valence-corrected chi connectivity index (χ1v) is 10.9. The molecule has 3 heterocycles. The van der Waals surface area contributed by atoms with Crippen LogP contribution in [0.15, 0.2) is 24.3 Å². The lowest BCUT2D eigenvalue weighted by Gasteiger charge is -2.30. The van der Waals surface area contributed by atoms with Crippen molar-refractivity contribution in [3.05, 3.63) is 52.7 Å². The van der Waals surface area contributed by atoms with Crippen molar-refractivity contribution in [2.75, 3.05) is 18.0 Å². The highest BCUT2D eigenvalue weighted by atomic mass is 19.1. The lowest BCUT2D eigenvalue weighted by atomic mass is 9.94. The van der Waals surface area contributed by atoms with Gasteiger partial charge in [-0.25, -0.2) is 14.4 Å². The van der Waals surface area contributed by atoms with E-state index >= 15 is 0 Å². The maximum Gasteiger partial charge on any atom is 0.232 e. The van der Waals surface area contributed by atoms with Crippen LogP contribution in [0.2, 0.25) is 0 Å². The monoisotopic (exact) mass is 424 g/mol. The number of rotatable bonds is 4. The molecule has 1 unspecified atom stereocenters. The Labute approximate surface area is 182 Å². The van der Waals surface area contributed by atoms with E-state index in [0.29, 0.717) is 36.7 Å². The Bertz CT molecular complexity index is 1030. The number of anilines is 1. The van der Waals surface area contributed by atoms with Gasteiger partial charge in [-0.2, -0.15) is 0 Å². The van der Waals surface area contributed by atoms with Crippen molar-refractivity contribution in [2.24, 2.45) is 5.41 Å². The Morgan fingerprint density at radius 3 is 2.68 bits per heavy atom. The number of carbonyl (C=O) groups is 2. The number of likely N-dealkylation sites (tertiary alicyclic amines) is 1. The third-order valence-electron chi connectivity index (χ3n) is 6.11. The molecule has 2 aliphatic heterocycles. The van der Waals surface area contributed by atoms with Crippen LogP contribution in [0, 0.1) is 18.2 Å². The van der Waals surface area contributed by atoms with Gasteiger partial charge in [0.15, 0.2) is 5.82 Å². The predicted octanol–water partition coefficient (Wildman–Crippen LogP) is 3.77. The topological polar surface area (TPSA) is 66.4 Å². The number of hydrogen-bond donors (Lipinski definition) is 0. The van der Waals surface area contributed by atoms with Gasteiger partial charge >= 0.3 is 0 Å². The summed E-state index contributed by atoms with van der Waals surface area (Å²) in [6.07, 6.45) is 2.38. The lowest BCUT2D eigenvalue weighted by Crippen LogP contribution is -2.39. The SMILES string of the molecule is Cc1nc(C2CCCN2C(=O)C(C)(C)C)nc2c1CC(=O)N2CCc1ccccc1F. The zero-order chi connectivity index (χ0) is 22.3. The van der Waals surface area contributed by atoms with Crippen molar-refractivity contribution >= 4 is 17.6 Å². The molecule has 2 aliphatic rings. The molecule has 1 aromatic carbocycles. The number of benzene rings is 1. The second-order valence-electron chi connectivity index (χ2n) is 9.44. The maximum absolute atomic E-state index is 14.0. The van der Waals surface area contributed by atoms with Crippen LogP contribution >= 0.6 is 0 Å². The molecular formula is C24H29FN4O2. The summed E-state index contributed by atoms with van der Waals surface area (Å²) in [5.41, 5.74) is 1.70. The van der Waals surface area contributed by atoms with E-state index in [1.54, 1.807) is 23.1 Å². The van der Waals surface area contributed by atoms with Gasteiger partial charge in [0.1, 0.15) is 11.6 Å². The zero-order valence-electron chi connectivity index (χ0n) is 18.6. The molecule has 0 saturated carbocycles. The molecule has 0 radical (unpaired) electrons. The summed E-state index contributed by atoms with van der Waals surface area (Å²) in [5.74, 6) is 0.978. The van der Waals surface area contributed by atoms with Gasteiger partial charge in [-0.05, 0) is 37.8 Å². The number of aromatic nitrogens is 2. The quantitative estimate of drug-likeness (QED) is 0.750. The van der Waals surface area contributed by atoms with Crippen molar-refractivity contribution in [1.29, 1.82) is 0 Å². The summed E-state index contributed by atoms with van der Waals surface area (Å²) in [6, 6.07) is 6.44. The minimum Gasteiger partial charge on any atom is -0.332 e. The fraction of sp³-hybridized carbons (Fsp3) is 0.500. The predicted molar refractivity (Wildman–Crippen MR) is 116 cm³/mol. The molecular weight excluding hydrogens is 395 g/mol. The molecule has 164 valence electrons.